The predicted octanol–water partition coefficient (Wildman–Crippen LogP) is 3.90. The standard InChI is InChI=1S/C22H33N3O2/c1-22(2,3)21(27)23-18-9-11-19(12-10-18)24-13-15-25(16-14-24)20(26)17-7-5-4-6-8-17/h9-12,17H,4-8,13-16H2,1-3H3,(H,23,27). The Morgan fingerprint density at radius 3 is 2.07 bits per heavy atom. The van der Waals surface area contributed by atoms with Gasteiger partial charge in [-0.15, -0.1) is 0 Å². The average Bonchev–Trinajstić information content (AvgIpc) is 2.68. The van der Waals surface area contributed by atoms with Crippen LogP contribution in [0.5, 0.6) is 0 Å². The van der Waals surface area contributed by atoms with Crippen LogP contribution in [0.1, 0.15) is 52.9 Å². The van der Waals surface area contributed by atoms with Gasteiger partial charge in [0.2, 0.25) is 11.8 Å². The summed E-state index contributed by atoms with van der Waals surface area (Å²) in [7, 11) is 0. The minimum atomic E-state index is -0.403. The highest BCUT2D eigenvalue weighted by atomic mass is 16.2. The summed E-state index contributed by atoms with van der Waals surface area (Å²) in [6, 6.07) is 8.02. The molecule has 1 aromatic carbocycles. The molecule has 0 unspecified atom stereocenters. The molecule has 2 aliphatic rings. The Balaban J connectivity index is 1.52. The van der Waals surface area contributed by atoms with E-state index in [1.54, 1.807) is 0 Å². The van der Waals surface area contributed by atoms with Crippen LogP contribution in [0.15, 0.2) is 24.3 Å². The van der Waals surface area contributed by atoms with Crippen LogP contribution in [0.3, 0.4) is 0 Å². The molecule has 0 bridgehead atoms. The fourth-order valence-corrected chi connectivity index (χ4v) is 3.87. The molecule has 1 saturated carbocycles. The van der Waals surface area contributed by atoms with Crippen molar-refractivity contribution in [3.05, 3.63) is 24.3 Å². The Morgan fingerprint density at radius 1 is 0.926 bits per heavy atom. The summed E-state index contributed by atoms with van der Waals surface area (Å²) in [6.45, 7) is 9.06. The van der Waals surface area contributed by atoms with Crippen molar-refractivity contribution in [3.63, 3.8) is 0 Å². The molecule has 2 fully saturated rings. The van der Waals surface area contributed by atoms with Gasteiger partial charge in [0.15, 0.2) is 0 Å². The van der Waals surface area contributed by atoms with Gasteiger partial charge in [0, 0.05) is 48.9 Å². The molecule has 1 aliphatic carbocycles. The summed E-state index contributed by atoms with van der Waals surface area (Å²) in [6.07, 6.45) is 5.83. The molecule has 1 heterocycles. The fourth-order valence-electron chi connectivity index (χ4n) is 3.87. The number of carbonyl (C=O) groups excluding carboxylic acids is 2. The smallest absolute Gasteiger partial charge is 0.229 e. The second-order valence-corrected chi connectivity index (χ2v) is 8.90. The Morgan fingerprint density at radius 2 is 1.52 bits per heavy atom. The van der Waals surface area contributed by atoms with Gasteiger partial charge in [-0.25, -0.2) is 0 Å². The van der Waals surface area contributed by atoms with Crippen LogP contribution < -0.4 is 10.2 Å². The first-order chi connectivity index (χ1) is 12.8. The maximum Gasteiger partial charge on any atom is 0.229 e. The van der Waals surface area contributed by atoms with Gasteiger partial charge in [-0.1, -0.05) is 40.0 Å². The molecule has 27 heavy (non-hydrogen) atoms. The number of hydrogen-bond acceptors (Lipinski definition) is 3. The fraction of sp³-hybridized carbons (Fsp3) is 0.636. The molecule has 148 valence electrons. The highest BCUT2D eigenvalue weighted by Gasteiger charge is 2.28. The molecular weight excluding hydrogens is 338 g/mol. The largest absolute Gasteiger partial charge is 0.368 e. The third-order valence-electron chi connectivity index (χ3n) is 5.72. The van der Waals surface area contributed by atoms with Crippen molar-refractivity contribution in [2.45, 2.75) is 52.9 Å². The molecule has 1 saturated heterocycles. The van der Waals surface area contributed by atoms with E-state index in [0.29, 0.717) is 5.91 Å². The lowest BCUT2D eigenvalue weighted by Crippen LogP contribution is -2.50. The Bertz CT molecular complexity index is 649. The summed E-state index contributed by atoms with van der Waals surface area (Å²) < 4.78 is 0. The van der Waals surface area contributed by atoms with Crippen molar-refractivity contribution in [1.82, 2.24) is 4.90 Å². The minimum absolute atomic E-state index is 0.0186. The van der Waals surface area contributed by atoms with Crippen molar-refractivity contribution in [3.8, 4) is 0 Å². The Hall–Kier alpha value is -2.04. The van der Waals surface area contributed by atoms with Gasteiger partial charge < -0.3 is 15.1 Å². The minimum Gasteiger partial charge on any atom is -0.368 e. The molecule has 0 spiro atoms. The van der Waals surface area contributed by atoms with Gasteiger partial charge >= 0.3 is 0 Å². The number of amides is 2. The first kappa shape index (κ1) is 19.7. The van der Waals surface area contributed by atoms with Crippen molar-refractivity contribution >= 4 is 23.2 Å². The molecule has 0 atom stereocenters. The third-order valence-corrected chi connectivity index (χ3v) is 5.72. The number of nitrogens with one attached hydrogen (secondary N) is 1. The van der Waals surface area contributed by atoms with Crippen LogP contribution in [-0.2, 0) is 9.59 Å². The summed E-state index contributed by atoms with van der Waals surface area (Å²) >= 11 is 0. The molecule has 0 radical (unpaired) electrons. The lowest BCUT2D eigenvalue weighted by molar-refractivity contribution is -0.136. The lowest BCUT2D eigenvalue weighted by Gasteiger charge is -2.38. The molecule has 5 nitrogen and oxygen atoms in total. The second kappa shape index (κ2) is 8.32. The van der Waals surface area contributed by atoms with Gasteiger partial charge in [0.25, 0.3) is 0 Å². The number of benzene rings is 1. The highest BCUT2D eigenvalue weighted by Crippen LogP contribution is 2.27. The molecular formula is C22H33N3O2. The van der Waals surface area contributed by atoms with Gasteiger partial charge in [-0.3, -0.25) is 9.59 Å². The zero-order chi connectivity index (χ0) is 19.4. The predicted molar refractivity (Wildman–Crippen MR) is 110 cm³/mol. The van der Waals surface area contributed by atoms with E-state index in [4.69, 9.17) is 0 Å². The van der Waals surface area contributed by atoms with E-state index >= 15 is 0 Å². The van der Waals surface area contributed by atoms with Crippen LogP contribution in [0.2, 0.25) is 0 Å². The first-order valence-corrected chi connectivity index (χ1v) is 10.3. The SMILES string of the molecule is CC(C)(C)C(=O)Nc1ccc(N2CCN(C(=O)C3CCCCC3)CC2)cc1. The van der Waals surface area contributed by atoms with E-state index in [2.05, 4.69) is 27.2 Å². The van der Waals surface area contributed by atoms with Gasteiger partial charge in [0.1, 0.15) is 0 Å². The summed E-state index contributed by atoms with van der Waals surface area (Å²) in [5.74, 6) is 0.649. The topological polar surface area (TPSA) is 52.7 Å². The van der Waals surface area contributed by atoms with E-state index in [9.17, 15) is 9.59 Å². The number of anilines is 2. The summed E-state index contributed by atoms with van der Waals surface area (Å²) in [5.41, 5.74) is 1.57. The van der Waals surface area contributed by atoms with Crippen molar-refractivity contribution in [2.24, 2.45) is 11.3 Å². The van der Waals surface area contributed by atoms with Crippen molar-refractivity contribution in [1.29, 1.82) is 0 Å². The van der Waals surface area contributed by atoms with Gasteiger partial charge in [-0.05, 0) is 37.1 Å². The normalized spacial score (nSPS) is 19.1. The van der Waals surface area contributed by atoms with Gasteiger partial charge in [-0.2, -0.15) is 0 Å². The molecule has 0 aromatic heterocycles. The van der Waals surface area contributed by atoms with E-state index in [1.807, 2.05) is 32.9 Å². The van der Waals surface area contributed by atoms with Crippen LogP contribution in [-0.4, -0.2) is 42.9 Å². The first-order valence-electron chi connectivity index (χ1n) is 10.3. The molecule has 1 aromatic rings. The summed E-state index contributed by atoms with van der Waals surface area (Å²) in [5, 5.41) is 2.96. The van der Waals surface area contributed by atoms with E-state index in [0.717, 1.165) is 50.4 Å². The van der Waals surface area contributed by atoms with Crippen LogP contribution in [0, 0.1) is 11.3 Å². The van der Waals surface area contributed by atoms with Crippen molar-refractivity contribution in [2.75, 3.05) is 36.4 Å². The molecule has 5 heteroatoms. The molecule has 1 N–H and O–H groups in total. The zero-order valence-corrected chi connectivity index (χ0v) is 17.0. The number of piperazine rings is 1. The molecule has 1 aliphatic heterocycles. The molecule has 2 amide bonds. The maximum atomic E-state index is 12.7. The Labute approximate surface area is 163 Å². The van der Waals surface area contributed by atoms with Crippen LogP contribution >= 0.6 is 0 Å². The van der Waals surface area contributed by atoms with Crippen LogP contribution in [0.25, 0.3) is 0 Å². The number of hydrogen-bond donors (Lipinski definition) is 1. The van der Waals surface area contributed by atoms with Crippen LogP contribution in [0.4, 0.5) is 11.4 Å². The van der Waals surface area contributed by atoms with Gasteiger partial charge in [0.05, 0.1) is 0 Å². The number of rotatable bonds is 3. The summed E-state index contributed by atoms with van der Waals surface area (Å²) in [4.78, 5) is 29.2. The van der Waals surface area contributed by atoms with E-state index in [-0.39, 0.29) is 11.8 Å². The maximum absolute atomic E-state index is 12.7. The highest BCUT2D eigenvalue weighted by molar-refractivity contribution is 5.94. The second-order valence-electron chi connectivity index (χ2n) is 8.90. The number of carbonyl (C=O) groups is 2. The third kappa shape index (κ3) is 5.02. The number of nitrogens with zero attached hydrogens (tertiary/aromatic N) is 2. The van der Waals surface area contributed by atoms with E-state index in [1.165, 1.54) is 19.3 Å². The molecule has 3 rings (SSSR count). The quantitative estimate of drug-likeness (QED) is 0.877. The lowest BCUT2D eigenvalue weighted by atomic mass is 9.88. The average molecular weight is 372 g/mol. The zero-order valence-electron chi connectivity index (χ0n) is 17.0. The Kier molecular flexibility index (Phi) is 6.08. The van der Waals surface area contributed by atoms with Crippen molar-refractivity contribution < 1.29 is 9.59 Å². The van der Waals surface area contributed by atoms with E-state index < -0.39 is 5.41 Å². The monoisotopic (exact) mass is 371 g/mol.